The molecule has 1 aromatic rings. The molecule has 18 heavy (non-hydrogen) atoms. The van der Waals surface area contributed by atoms with Gasteiger partial charge in [0, 0.05) is 12.6 Å². The van der Waals surface area contributed by atoms with E-state index < -0.39 is 0 Å². The molecule has 0 radical (unpaired) electrons. The van der Waals surface area contributed by atoms with Crippen molar-refractivity contribution >= 4 is 0 Å². The predicted octanol–water partition coefficient (Wildman–Crippen LogP) is 2.91. The van der Waals surface area contributed by atoms with Crippen molar-refractivity contribution in [3.63, 3.8) is 0 Å². The van der Waals surface area contributed by atoms with Crippen LogP contribution in [-0.4, -0.2) is 26.3 Å². The number of nitrogens with one attached hydrogen (secondary N) is 1. The lowest BCUT2D eigenvalue weighted by Crippen LogP contribution is -2.33. The molecule has 2 atom stereocenters. The van der Waals surface area contributed by atoms with Crippen molar-refractivity contribution in [2.24, 2.45) is 0 Å². The molecule has 0 bridgehead atoms. The molecule has 1 heterocycles. The molecule has 0 spiro atoms. The Morgan fingerprint density at radius 2 is 2.33 bits per heavy atom. The quantitative estimate of drug-likeness (QED) is 0.870. The first-order valence-electron chi connectivity index (χ1n) is 6.85. The van der Waals surface area contributed by atoms with E-state index in [1.165, 1.54) is 5.56 Å². The van der Waals surface area contributed by atoms with E-state index in [0.29, 0.717) is 6.04 Å². The molecule has 3 heteroatoms. The molecule has 2 rings (SSSR count). The SMILES string of the molecule is CCCOc1cccc(C2CC(NC)CCO2)c1. The Labute approximate surface area is 109 Å². The molecule has 3 nitrogen and oxygen atoms in total. The standard InChI is InChI=1S/C15H23NO2/c1-3-8-17-14-6-4-5-12(10-14)15-11-13(16-2)7-9-18-15/h4-6,10,13,15-16H,3,7-9,11H2,1-2H3. The second kappa shape index (κ2) is 6.76. The Morgan fingerprint density at radius 3 is 3.11 bits per heavy atom. The van der Waals surface area contributed by atoms with Gasteiger partial charge in [-0.3, -0.25) is 0 Å². The summed E-state index contributed by atoms with van der Waals surface area (Å²) in [6.45, 7) is 3.72. The number of rotatable bonds is 5. The van der Waals surface area contributed by atoms with Crippen LogP contribution >= 0.6 is 0 Å². The van der Waals surface area contributed by atoms with E-state index in [2.05, 4.69) is 24.4 Å². The molecule has 0 aliphatic carbocycles. The molecular formula is C15H23NO2. The van der Waals surface area contributed by atoms with Crippen molar-refractivity contribution in [3.05, 3.63) is 29.8 Å². The summed E-state index contributed by atoms with van der Waals surface area (Å²) in [6, 6.07) is 8.85. The van der Waals surface area contributed by atoms with Crippen LogP contribution in [0.1, 0.15) is 37.9 Å². The zero-order chi connectivity index (χ0) is 12.8. The van der Waals surface area contributed by atoms with Gasteiger partial charge in [-0.05, 0) is 44.0 Å². The Hall–Kier alpha value is -1.06. The molecule has 0 aromatic heterocycles. The summed E-state index contributed by atoms with van der Waals surface area (Å²) in [4.78, 5) is 0. The van der Waals surface area contributed by atoms with Gasteiger partial charge in [-0.15, -0.1) is 0 Å². The normalized spacial score (nSPS) is 23.9. The highest BCUT2D eigenvalue weighted by Crippen LogP contribution is 2.30. The molecule has 100 valence electrons. The van der Waals surface area contributed by atoms with Crippen LogP contribution < -0.4 is 10.1 Å². The average Bonchev–Trinajstić information content (AvgIpc) is 2.45. The Kier molecular flexibility index (Phi) is 5.02. The van der Waals surface area contributed by atoms with Crippen LogP contribution in [0.25, 0.3) is 0 Å². The molecule has 1 aliphatic heterocycles. The zero-order valence-electron chi connectivity index (χ0n) is 11.3. The molecule has 0 saturated carbocycles. The highest BCUT2D eigenvalue weighted by atomic mass is 16.5. The zero-order valence-corrected chi connectivity index (χ0v) is 11.3. The van der Waals surface area contributed by atoms with Crippen LogP contribution in [0.4, 0.5) is 0 Å². The fourth-order valence-corrected chi connectivity index (χ4v) is 2.32. The van der Waals surface area contributed by atoms with E-state index in [-0.39, 0.29) is 6.10 Å². The third kappa shape index (κ3) is 3.47. The maximum absolute atomic E-state index is 5.86. The van der Waals surface area contributed by atoms with Crippen molar-refractivity contribution in [3.8, 4) is 5.75 Å². The third-order valence-electron chi connectivity index (χ3n) is 3.39. The summed E-state index contributed by atoms with van der Waals surface area (Å²) < 4.78 is 11.5. The monoisotopic (exact) mass is 249 g/mol. The first-order chi connectivity index (χ1) is 8.83. The van der Waals surface area contributed by atoms with E-state index in [0.717, 1.165) is 38.2 Å². The van der Waals surface area contributed by atoms with Gasteiger partial charge in [-0.2, -0.15) is 0 Å². The van der Waals surface area contributed by atoms with Gasteiger partial charge in [0.05, 0.1) is 12.7 Å². The smallest absolute Gasteiger partial charge is 0.119 e. The minimum Gasteiger partial charge on any atom is -0.494 e. The van der Waals surface area contributed by atoms with Gasteiger partial charge in [0.1, 0.15) is 5.75 Å². The van der Waals surface area contributed by atoms with Gasteiger partial charge < -0.3 is 14.8 Å². The van der Waals surface area contributed by atoms with E-state index in [1.54, 1.807) is 0 Å². The maximum Gasteiger partial charge on any atom is 0.119 e. The minimum atomic E-state index is 0.196. The van der Waals surface area contributed by atoms with E-state index >= 15 is 0 Å². The molecule has 1 N–H and O–H groups in total. The lowest BCUT2D eigenvalue weighted by atomic mass is 9.97. The molecule has 1 saturated heterocycles. The summed E-state index contributed by atoms with van der Waals surface area (Å²) in [5.74, 6) is 0.949. The van der Waals surface area contributed by atoms with Gasteiger partial charge in [0.2, 0.25) is 0 Å². The number of hydrogen-bond acceptors (Lipinski definition) is 3. The summed E-state index contributed by atoms with van der Waals surface area (Å²) in [5, 5.41) is 3.34. The van der Waals surface area contributed by atoms with E-state index in [9.17, 15) is 0 Å². The minimum absolute atomic E-state index is 0.196. The van der Waals surface area contributed by atoms with Gasteiger partial charge in [-0.25, -0.2) is 0 Å². The van der Waals surface area contributed by atoms with Gasteiger partial charge in [-0.1, -0.05) is 19.1 Å². The second-order valence-corrected chi connectivity index (χ2v) is 4.79. The lowest BCUT2D eigenvalue weighted by molar-refractivity contribution is 0.00142. The second-order valence-electron chi connectivity index (χ2n) is 4.79. The summed E-state index contributed by atoms with van der Waals surface area (Å²) in [7, 11) is 2.02. The van der Waals surface area contributed by atoms with Crippen LogP contribution in [0.5, 0.6) is 5.75 Å². The summed E-state index contributed by atoms with van der Waals surface area (Å²) in [6.07, 6.45) is 3.36. The molecule has 0 amide bonds. The van der Waals surface area contributed by atoms with Crippen LogP contribution in [0.3, 0.4) is 0 Å². The van der Waals surface area contributed by atoms with Crippen LogP contribution in [-0.2, 0) is 4.74 Å². The third-order valence-corrected chi connectivity index (χ3v) is 3.39. The maximum atomic E-state index is 5.86. The van der Waals surface area contributed by atoms with Crippen molar-refractivity contribution in [2.45, 2.75) is 38.3 Å². The fourth-order valence-electron chi connectivity index (χ4n) is 2.32. The molecule has 1 fully saturated rings. The van der Waals surface area contributed by atoms with Gasteiger partial charge in [0.25, 0.3) is 0 Å². The molecule has 1 aliphatic rings. The van der Waals surface area contributed by atoms with Crippen molar-refractivity contribution in [1.82, 2.24) is 5.32 Å². The first kappa shape index (κ1) is 13.4. The van der Waals surface area contributed by atoms with E-state index in [1.807, 2.05) is 19.2 Å². The summed E-state index contributed by atoms with van der Waals surface area (Å²) >= 11 is 0. The number of hydrogen-bond donors (Lipinski definition) is 1. The number of ether oxygens (including phenoxy) is 2. The summed E-state index contributed by atoms with van der Waals surface area (Å²) in [5.41, 5.74) is 1.23. The van der Waals surface area contributed by atoms with Crippen LogP contribution in [0.15, 0.2) is 24.3 Å². The topological polar surface area (TPSA) is 30.5 Å². The molecular weight excluding hydrogens is 226 g/mol. The largest absolute Gasteiger partial charge is 0.494 e. The Morgan fingerprint density at radius 1 is 1.44 bits per heavy atom. The highest BCUT2D eigenvalue weighted by Gasteiger charge is 2.22. The highest BCUT2D eigenvalue weighted by molar-refractivity contribution is 5.30. The van der Waals surface area contributed by atoms with Crippen molar-refractivity contribution in [1.29, 1.82) is 0 Å². The fraction of sp³-hybridized carbons (Fsp3) is 0.600. The molecule has 1 aromatic carbocycles. The predicted molar refractivity (Wildman–Crippen MR) is 73.0 cm³/mol. The van der Waals surface area contributed by atoms with E-state index in [4.69, 9.17) is 9.47 Å². The Bertz CT molecular complexity index is 367. The number of benzene rings is 1. The Balaban J connectivity index is 2.02. The van der Waals surface area contributed by atoms with Crippen molar-refractivity contribution in [2.75, 3.05) is 20.3 Å². The lowest BCUT2D eigenvalue weighted by Gasteiger charge is -2.29. The van der Waals surface area contributed by atoms with Gasteiger partial charge in [0.15, 0.2) is 0 Å². The first-order valence-corrected chi connectivity index (χ1v) is 6.85. The van der Waals surface area contributed by atoms with Crippen LogP contribution in [0, 0.1) is 0 Å². The van der Waals surface area contributed by atoms with Crippen LogP contribution in [0.2, 0.25) is 0 Å². The van der Waals surface area contributed by atoms with Gasteiger partial charge >= 0.3 is 0 Å². The molecule has 2 unspecified atom stereocenters. The average molecular weight is 249 g/mol. The van der Waals surface area contributed by atoms with Crippen molar-refractivity contribution < 1.29 is 9.47 Å².